The summed E-state index contributed by atoms with van der Waals surface area (Å²) in [6.07, 6.45) is 0. The van der Waals surface area contributed by atoms with Crippen LogP contribution < -0.4 is 15.4 Å². The molecule has 2 aromatic rings. The van der Waals surface area contributed by atoms with Crippen molar-refractivity contribution in [1.82, 2.24) is 0 Å². The topological polar surface area (TPSA) is 76.7 Å². The van der Waals surface area contributed by atoms with E-state index in [-0.39, 0.29) is 12.5 Å². The zero-order valence-corrected chi connectivity index (χ0v) is 13.0. The van der Waals surface area contributed by atoms with Crippen molar-refractivity contribution in [1.29, 1.82) is 0 Å². The zero-order chi connectivity index (χ0) is 16.7. The highest BCUT2D eigenvalue weighted by Gasteiger charge is 2.13. The lowest BCUT2D eigenvalue weighted by atomic mass is 10.2. The number of hydrogen-bond donors (Lipinski definition) is 2. The van der Waals surface area contributed by atoms with Crippen molar-refractivity contribution >= 4 is 23.3 Å². The third kappa shape index (κ3) is 4.47. The molecule has 6 heteroatoms. The Morgan fingerprint density at radius 2 is 1.83 bits per heavy atom. The minimum Gasteiger partial charge on any atom is -0.497 e. The van der Waals surface area contributed by atoms with E-state index >= 15 is 0 Å². The summed E-state index contributed by atoms with van der Waals surface area (Å²) in [4.78, 5) is 23.7. The summed E-state index contributed by atoms with van der Waals surface area (Å²) >= 11 is 0. The molecule has 6 nitrogen and oxygen atoms in total. The first kappa shape index (κ1) is 16.4. The van der Waals surface area contributed by atoms with Gasteiger partial charge in [-0.2, -0.15) is 0 Å². The Hall–Kier alpha value is -3.02. The number of hydrogen-bond acceptors (Lipinski definition) is 5. The van der Waals surface area contributed by atoms with Crippen LogP contribution in [0.3, 0.4) is 0 Å². The summed E-state index contributed by atoms with van der Waals surface area (Å²) in [6.45, 7) is 0.0582. The molecule has 0 saturated heterocycles. The number of rotatable bonds is 6. The van der Waals surface area contributed by atoms with Crippen LogP contribution in [0.1, 0.15) is 10.4 Å². The lowest BCUT2D eigenvalue weighted by Gasteiger charge is -2.11. The van der Waals surface area contributed by atoms with Gasteiger partial charge in [0.15, 0.2) is 0 Å². The smallest absolute Gasteiger partial charge is 0.339 e. The van der Waals surface area contributed by atoms with E-state index in [9.17, 15) is 9.59 Å². The number of ether oxygens (including phenoxy) is 2. The van der Waals surface area contributed by atoms with Crippen molar-refractivity contribution in [2.75, 3.05) is 31.4 Å². The summed E-state index contributed by atoms with van der Waals surface area (Å²) in [6, 6.07) is 13.9. The molecule has 120 valence electrons. The molecule has 0 fully saturated rings. The predicted octanol–water partition coefficient (Wildman–Crippen LogP) is 2.53. The van der Waals surface area contributed by atoms with Crippen LogP contribution in [0.25, 0.3) is 0 Å². The fourth-order valence-corrected chi connectivity index (χ4v) is 1.99. The van der Waals surface area contributed by atoms with Gasteiger partial charge < -0.3 is 20.1 Å². The van der Waals surface area contributed by atoms with Crippen LogP contribution in [0.5, 0.6) is 5.75 Å². The lowest BCUT2D eigenvalue weighted by Crippen LogP contribution is -2.23. The standard InChI is InChI=1S/C17H18N2O4/c1-22-13-7-5-6-12(10-13)18-11-16(20)19-15-9-4-3-8-14(15)17(21)23-2/h3-10,18H,11H2,1-2H3,(H,19,20). The van der Waals surface area contributed by atoms with Gasteiger partial charge in [0.25, 0.3) is 0 Å². The molecule has 0 unspecified atom stereocenters. The second-order valence-electron chi connectivity index (χ2n) is 4.67. The first-order chi connectivity index (χ1) is 11.1. The number of nitrogens with one attached hydrogen (secondary N) is 2. The van der Waals surface area contributed by atoms with Crippen LogP contribution in [-0.4, -0.2) is 32.6 Å². The van der Waals surface area contributed by atoms with Crippen LogP contribution in [0.15, 0.2) is 48.5 Å². The van der Waals surface area contributed by atoms with Crippen molar-refractivity contribution in [3.05, 3.63) is 54.1 Å². The molecule has 0 aliphatic carbocycles. The van der Waals surface area contributed by atoms with Crippen molar-refractivity contribution in [3.63, 3.8) is 0 Å². The number of carbonyl (C=O) groups is 2. The number of esters is 1. The normalized spacial score (nSPS) is 9.83. The van der Waals surface area contributed by atoms with E-state index in [0.29, 0.717) is 17.0 Å². The summed E-state index contributed by atoms with van der Waals surface area (Å²) in [5, 5.41) is 5.68. The molecule has 0 aromatic heterocycles. The molecule has 0 saturated carbocycles. The number of carbonyl (C=O) groups excluding carboxylic acids is 2. The number of benzene rings is 2. The quantitative estimate of drug-likeness (QED) is 0.801. The van der Waals surface area contributed by atoms with E-state index in [2.05, 4.69) is 10.6 Å². The van der Waals surface area contributed by atoms with Gasteiger partial charge in [0.05, 0.1) is 32.0 Å². The molecular formula is C17H18N2O4. The van der Waals surface area contributed by atoms with Crippen LogP contribution in [0.2, 0.25) is 0 Å². The van der Waals surface area contributed by atoms with E-state index in [1.165, 1.54) is 7.11 Å². The van der Waals surface area contributed by atoms with Gasteiger partial charge in [-0.05, 0) is 24.3 Å². The number of methoxy groups -OCH3 is 2. The molecule has 1 amide bonds. The third-order valence-electron chi connectivity index (χ3n) is 3.13. The molecule has 0 atom stereocenters. The maximum Gasteiger partial charge on any atom is 0.339 e. The molecular weight excluding hydrogens is 296 g/mol. The second kappa shape index (κ2) is 7.84. The van der Waals surface area contributed by atoms with Crippen LogP contribution in [0.4, 0.5) is 11.4 Å². The first-order valence-electron chi connectivity index (χ1n) is 6.99. The summed E-state index contributed by atoms with van der Waals surface area (Å²) < 4.78 is 9.81. The van der Waals surface area contributed by atoms with E-state index in [1.807, 2.05) is 18.2 Å². The van der Waals surface area contributed by atoms with E-state index in [1.54, 1.807) is 37.4 Å². The maximum atomic E-state index is 12.0. The van der Waals surface area contributed by atoms with E-state index in [4.69, 9.17) is 9.47 Å². The minimum absolute atomic E-state index is 0.0582. The predicted molar refractivity (Wildman–Crippen MR) is 87.9 cm³/mol. The highest BCUT2D eigenvalue weighted by Crippen LogP contribution is 2.17. The monoisotopic (exact) mass is 314 g/mol. The van der Waals surface area contributed by atoms with Crippen molar-refractivity contribution in [2.24, 2.45) is 0 Å². The average molecular weight is 314 g/mol. The van der Waals surface area contributed by atoms with Gasteiger partial charge in [0.2, 0.25) is 5.91 Å². The van der Waals surface area contributed by atoms with Crippen LogP contribution >= 0.6 is 0 Å². The van der Waals surface area contributed by atoms with E-state index < -0.39 is 5.97 Å². The van der Waals surface area contributed by atoms with Crippen molar-refractivity contribution in [2.45, 2.75) is 0 Å². The molecule has 23 heavy (non-hydrogen) atoms. The van der Waals surface area contributed by atoms with Gasteiger partial charge in [0, 0.05) is 11.8 Å². The highest BCUT2D eigenvalue weighted by atomic mass is 16.5. The van der Waals surface area contributed by atoms with Gasteiger partial charge >= 0.3 is 5.97 Å². The van der Waals surface area contributed by atoms with Crippen molar-refractivity contribution in [3.8, 4) is 5.75 Å². The van der Waals surface area contributed by atoms with Gasteiger partial charge in [-0.15, -0.1) is 0 Å². The first-order valence-corrected chi connectivity index (χ1v) is 6.99. The molecule has 0 heterocycles. The number of anilines is 2. The fraction of sp³-hybridized carbons (Fsp3) is 0.176. The van der Waals surface area contributed by atoms with Gasteiger partial charge in [-0.25, -0.2) is 4.79 Å². The Balaban J connectivity index is 1.99. The molecule has 0 aliphatic rings. The third-order valence-corrected chi connectivity index (χ3v) is 3.13. The molecule has 0 radical (unpaired) electrons. The summed E-state index contributed by atoms with van der Waals surface area (Å²) in [7, 11) is 2.88. The van der Waals surface area contributed by atoms with Gasteiger partial charge in [0.1, 0.15) is 5.75 Å². The fourth-order valence-electron chi connectivity index (χ4n) is 1.99. The zero-order valence-electron chi connectivity index (χ0n) is 13.0. The lowest BCUT2D eigenvalue weighted by molar-refractivity contribution is -0.114. The van der Waals surface area contributed by atoms with Gasteiger partial charge in [-0.3, -0.25) is 4.79 Å². The summed E-state index contributed by atoms with van der Waals surface area (Å²) in [5.74, 6) is -0.0720. The highest BCUT2D eigenvalue weighted by molar-refractivity contribution is 6.02. The summed E-state index contributed by atoms with van der Waals surface area (Å²) in [5.41, 5.74) is 1.49. The van der Waals surface area contributed by atoms with Crippen LogP contribution in [0, 0.1) is 0 Å². The largest absolute Gasteiger partial charge is 0.497 e. The number of para-hydroxylation sites is 1. The Kier molecular flexibility index (Phi) is 5.57. The molecule has 0 spiro atoms. The Morgan fingerprint density at radius 3 is 2.57 bits per heavy atom. The molecule has 2 aromatic carbocycles. The Morgan fingerprint density at radius 1 is 1.04 bits per heavy atom. The average Bonchev–Trinajstić information content (AvgIpc) is 2.60. The minimum atomic E-state index is -0.498. The molecule has 0 bridgehead atoms. The second-order valence-corrected chi connectivity index (χ2v) is 4.67. The maximum absolute atomic E-state index is 12.0. The van der Waals surface area contributed by atoms with Crippen LogP contribution in [-0.2, 0) is 9.53 Å². The number of amides is 1. The Labute approximate surface area is 134 Å². The molecule has 2 rings (SSSR count). The SMILES string of the molecule is COC(=O)c1ccccc1NC(=O)CNc1cccc(OC)c1. The van der Waals surface area contributed by atoms with Crippen molar-refractivity contribution < 1.29 is 19.1 Å². The molecule has 0 aliphatic heterocycles. The molecule has 2 N–H and O–H groups in total. The Bertz CT molecular complexity index is 700. The van der Waals surface area contributed by atoms with Gasteiger partial charge in [-0.1, -0.05) is 18.2 Å². The van der Waals surface area contributed by atoms with E-state index in [0.717, 1.165) is 5.69 Å².